The van der Waals surface area contributed by atoms with Crippen molar-refractivity contribution in [2.75, 3.05) is 19.6 Å². The maximum atomic E-state index is 13.0. The summed E-state index contributed by atoms with van der Waals surface area (Å²) in [6.07, 6.45) is -0.0455. The first kappa shape index (κ1) is 16.6. The van der Waals surface area contributed by atoms with Crippen LogP contribution in [0.3, 0.4) is 0 Å². The molecule has 6 nitrogen and oxygen atoms in total. The van der Waals surface area contributed by atoms with Gasteiger partial charge >= 0.3 is 5.97 Å². The number of benzene rings is 1. The number of carboxylic acids is 1. The van der Waals surface area contributed by atoms with Gasteiger partial charge in [0.25, 0.3) is 0 Å². The lowest BCUT2D eigenvalue weighted by molar-refractivity contribution is -0.144. The van der Waals surface area contributed by atoms with E-state index in [0.717, 1.165) is 4.90 Å². The summed E-state index contributed by atoms with van der Waals surface area (Å²) in [5, 5.41) is 11.0. The Bertz CT molecular complexity index is 533. The zero-order valence-electron chi connectivity index (χ0n) is 11.6. The van der Waals surface area contributed by atoms with Crippen molar-refractivity contribution in [1.82, 2.24) is 10.2 Å². The number of carboxylic acid groups (broad SMARTS) is 1. The van der Waals surface area contributed by atoms with Crippen LogP contribution < -0.4 is 5.32 Å². The Morgan fingerprint density at radius 2 is 2.05 bits per heavy atom. The minimum atomic E-state index is -1.11. The number of hydrogen-bond acceptors (Lipinski definition) is 3. The monoisotopic (exact) mass is 296 g/mol. The summed E-state index contributed by atoms with van der Waals surface area (Å²) in [5.41, 5.74) is 0.498. The van der Waals surface area contributed by atoms with E-state index in [1.807, 2.05) is 0 Å². The second-order valence-electron chi connectivity index (χ2n) is 4.39. The molecule has 0 atom stereocenters. The first-order chi connectivity index (χ1) is 9.92. The fraction of sp³-hybridized carbons (Fsp3) is 0.357. The molecule has 1 aromatic carbocycles. The molecule has 2 amide bonds. The van der Waals surface area contributed by atoms with Crippen molar-refractivity contribution in [2.45, 2.75) is 13.3 Å². The summed E-state index contributed by atoms with van der Waals surface area (Å²) in [6, 6.07) is 5.61. The Hall–Kier alpha value is -2.44. The third-order valence-corrected chi connectivity index (χ3v) is 2.75. The van der Waals surface area contributed by atoms with Crippen LogP contribution in [0.15, 0.2) is 24.3 Å². The number of likely N-dealkylation sites (N-methyl/N-ethyl adjacent to an activating group) is 1. The largest absolute Gasteiger partial charge is 0.480 e. The summed E-state index contributed by atoms with van der Waals surface area (Å²) in [6.45, 7) is 1.20. The summed E-state index contributed by atoms with van der Waals surface area (Å²) >= 11 is 0. The third-order valence-electron chi connectivity index (χ3n) is 2.75. The van der Waals surface area contributed by atoms with E-state index in [1.165, 1.54) is 18.2 Å². The van der Waals surface area contributed by atoms with E-state index in [4.69, 9.17) is 5.11 Å². The molecule has 0 saturated heterocycles. The van der Waals surface area contributed by atoms with Crippen LogP contribution in [0.1, 0.15) is 12.5 Å². The van der Waals surface area contributed by atoms with Crippen LogP contribution in [0.25, 0.3) is 0 Å². The predicted octanol–water partition coefficient (Wildman–Crippen LogP) is 0.418. The van der Waals surface area contributed by atoms with E-state index in [-0.39, 0.29) is 19.5 Å². The van der Waals surface area contributed by atoms with Gasteiger partial charge in [0.1, 0.15) is 12.4 Å². The highest BCUT2D eigenvalue weighted by atomic mass is 19.1. The molecule has 0 unspecified atom stereocenters. The molecule has 0 aliphatic carbocycles. The molecule has 0 bridgehead atoms. The highest BCUT2D eigenvalue weighted by Crippen LogP contribution is 2.04. The molecule has 7 heteroatoms. The fourth-order valence-corrected chi connectivity index (χ4v) is 1.72. The van der Waals surface area contributed by atoms with Gasteiger partial charge in [-0.2, -0.15) is 0 Å². The molecule has 2 N–H and O–H groups in total. The van der Waals surface area contributed by atoms with Gasteiger partial charge in [-0.15, -0.1) is 0 Å². The summed E-state index contributed by atoms with van der Waals surface area (Å²) in [4.78, 5) is 35.0. The topological polar surface area (TPSA) is 86.7 Å². The van der Waals surface area contributed by atoms with Gasteiger partial charge in [0.2, 0.25) is 11.8 Å². The zero-order valence-corrected chi connectivity index (χ0v) is 11.6. The number of amides is 2. The first-order valence-corrected chi connectivity index (χ1v) is 6.43. The van der Waals surface area contributed by atoms with Crippen LogP contribution in [0.2, 0.25) is 0 Å². The molecule has 1 rings (SSSR count). The molecule has 0 spiro atoms. The smallest absolute Gasteiger partial charge is 0.323 e. The molecular formula is C14H17FN2O4. The minimum absolute atomic E-state index is 0.0455. The molecule has 1 aromatic rings. The maximum absolute atomic E-state index is 13.0. The Kier molecular flexibility index (Phi) is 6.32. The van der Waals surface area contributed by atoms with Crippen molar-refractivity contribution in [1.29, 1.82) is 0 Å². The zero-order chi connectivity index (χ0) is 15.8. The van der Waals surface area contributed by atoms with E-state index in [0.29, 0.717) is 5.56 Å². The number of rotatable bonds is 7. The Labute approximate surface area is 121 Å². The SMILES string of the molecule is CCN(CC(=O)O)C(=O)CNC(=O)Cc1cccc(F)c1. The van der Waals surface area contributed by atoms with Crippen LogP contribution in [0.4, 0.5) is 4.39 Å². The van der Waals surface area contributed by atoms with Gasteiger partial charge in [-0.05, 0) is 24.6 Å². The lowest BCUT2D eigenvalue weighted by Crippen LogP contribution is -2.42. The van der Waals surface area contributed by atoms with E-state index in [1.54, 1.807) is 13.0 Å². The first-order valence-electron chi connectivity index (χ1n) is 6.43. The number of hydrogen-bond donors (Lipinski definition) is 2. The molecule has 0 saturated carbocycles. The third kappa shape index (κ3) is 6.03. The molecule has 114 valence electrons. The number of carbonyl (C=O) groups is 3. The molecule has 21 heavy (non-hydrogen) atoms. The van der Waals surface area contributed by atoms with E-state index < -0.39 is 30.1 Å². The predicted molar refractivity (Wildman–Crippen MR) is 73.0 cm³/mol. The number of nitrogens with zero attached hydrogens (tertiary/aromatic N) is 1. The van der Waals surface area contributed by atoms with Crippen LogP contribution in [-0.2, 0) is 20.8 Å². The Balaban J connectivity index is 2.45. The van der Waals surface area contributed by atoms with Crippen LogP contribution in [-0.4, -0.2) is 47.4 Å². The van der Waals surface area contributed by atoms with Gasteiger partial charge in [-0.25, -0.2) is 4.39 Å². The van der Waals surface area contributed by atoms with Gasteiger partial charge in [-0.1, -0.05) is 12.1 Å². The van der Waals surface area contributed by atoms with Crippen molar-refractivity contribution in [2.24, 2.45) is 0 Å². The molecule has 0 aliphatic heterocycles. The van der Waals surface area contributed by atoms with Crippen molar-refractivity contribution >= 4 is 17.8 Å². The average Bonchev–Trinajstić information content (AvgIpc) is 2.42. The Morgan fingerprint density at radius 1 is 1.33 bits per heavy atom. The molecule has 0 heterocycles. The van der Waals surface area contributed by atoms with E-state index in [2.05, 4.69) is 5.32 Å². The van der Waals surface area contributed by atoms with Crippen LogP contribution in [0, 0.1) is 5.82 Å². The lowest BCUT2D eigenvalue weighted by atomic mass is 10.1. The van der Waals surface area contributed by atoms with Crippen LogP contribution in [0.5, 0.6) is 0 Å². The number of aliphatic carboxylic acids is 1. The number of nitrogens with one attached hydrogen (secondary N) is 1. The van der Waals surface area contributed by atoms with Gasteiger partial charge in [0, 0.05) is 6.54 Å². The lowest BCUT2D eigenvalue weighted by Gasteiger charge is -2.18. The van der Waals surface area contributed by atoms with Crippen molar-refractivity contribution in [3.8, 4) is 0 Å². The molecular weight excluding hydrogens is 279 g/mol. The minimum Gasteiger partial charge on any atom is -0.480 e. The summed E-state index contributed by atoms with van der Waals surface area (Å²) in [5.74, 6) is -2.46. The summed E-state index contributed by atoms with van der Waals surface area (Å²) in [7, 11) is 0. The second-order valence-corrected chi connectivity index (χ2v) is 4.39. The van der Waals surface area contributed by atoms with Gasteiger partial charge < -0.3 is 15.3 Å². The summed E-state index contributed by atoms with van der Waals surface area (Å²) < 4.78 is 13.0. The normalized spacial score (nSPS) is 10.0. The highest BCUT2D eigenvalue weighted by Gasteiger charge is 2.15. The van der Waals surface area contributed by atoms with Gasteiger partial charge in [-0.3, -0.25) is 14.4 Å². The Morgan fingerprint density at radius 3 is 2.62 bits per heavy atom. The van der Waals surface area contributed by atoms with E-state index in [9.17, 15) is 18.8 Å². The van der Waals surface area contributed by atoms with Gasteiger partial charge in [0.15, 0.2) is 0 Å². The average molecular weight is 296 g/mol. The standard InChI is InChI=1S/C14H17FN2O4/c1-2-17(9-14(20)21)13(19)8-16-12(18)7-10-4-3-5-11(15)6-10/h3-6H,2,7-9H2,1H3,(H,16,18)(H,20,21). The van der Waals surface area contributed by atoms with Crippen molar-refractivity contribution in [3.63, 3.8) is 0 Å². The second kappa shape index (κ2) is 7.98. The molecule has 0 radical (unpaired) electrons. The maximum Gasteiger partial charge on any atom is 0.323 e. The number of carbonyl (C=O) groups excluding carboxylic acids is 2. The molecule has 0 aromatic heterocycles. The highest BCUT2D eigenvalue weighted by molar-refractivity contribution is 5.87. The van der Waals surface area contributed by atoms with Crippen molar-refractivity contribution in [3.05, 3.63) is 35.6 Å². The quantitative estimate of drug-likeness (QED) is 0.763. The van der Waals surface area contributed by atoms with Crippen LogP contribution >= 0.6 is 0 Å². The fourth-order valence-electron chi connectivity index (χ4n) is 1.72. The van der Waals surface area contributed by atoms with Crippen molar-refractivity contribution < 1.29 is 23.9 Å². The molecule has 0 aliphatic rings. The molecule has 0 fully saturated rings. The van der Waals surface area contributed by atoms with E-state index >= 15 is 0 Å². The number of halogens is 1. The van der Waals surface area contributed by atoms with Gasteiger partial charge in [0.05, 0.1) is 13.0 Å².